The van der Waals surface area contributed by atoms with Crippen LogP contribution in [0.5, 0.6) is 0 Å². The van der Waals surface area contributed by atoms with Crippen LogP contribution in [0, 0.1) is 5.92 Å². The molecule has 2 atom stereocenters. The van der Waals surface area contributed by atoms with Crippen LogP contribution in [0.3, 0.4) is 0 Å². The summed E-state index contributed by atoms with van der Waals surface area (Å²) in [5.74, 6) is 0.958. The first-order valence-electron chi connectivity index (χ1n) is 5.97. The summed E-state index contributed by atoms with van der Waals surface area (Å²) in [5, 5.41) is 0. The van der Waals surface area contributed by atoms with Gasteiger partial charge in [0, 0.05) is 23.2 Å². The highest BCUT2D eigenvalue weighted by Gasteiger charge is 2.31. The minimum absolute atomic E-state index is 0.263. The third kappa shape index (κ3) is 2.67. The molecule has 4 nitrogen and oxygen atoms in total. The zero-order chi connectivity index (χ0) is 13.1. The Labute approximate surface area is 116 Å². The van der Waals surface area contributed by atoms with Crippen molar-refractivity contribution in [2.45, 2.75) is 13.0 Å². The molecule has 0 spiro atoms. The van der Waals surface area contributed by atoms with Gasteiger partial charge >= 0.3 is 0 Å². The first-order valence-corrected chi connectivity index (χ1v) is 6.76. The molecule has 2 unspecified atom stereocenters. The van der Waals surface area contributed by atoms with Crippen LogP contribution < -0.4 is 10.6 Å². The van der Waals surface area contributed by atoms with Gasteiger partial charge in [-0.2, -0.15) is 0 Å². The van der Waals surface area contributed by atoms with Crippen molar-refractivity contribution in [2.24, 2.45) is 16.6 Å². The minimum atomic E-state index is 0.263. The molecule has 1 aromatic rings. The van der Waals surface area contributed by atoms with Crippen molar-refractivity contribution < 1.29 is 4.74 Å². The molecular weight excluding hydrogens is 294 g/mol. The molecule has 0 saturated carbocycles. The van der Waals surface area contributed by atoms with E-state index in [0.717, 1.165) is 16.7 Å². The molecule has 1 heterocycles. The van der Waals surface area contributed by atoms with Gasteiger partial charge in [-0.3, -0.25) is 4.99 Å². The number of hydrogen-bond donors (Lipinski definition) is 1. The van der Waals surface area contributed by atoms with Gasteiger partial charge in [0.25, 0.3) is 0 Å². The lowest BCUT2D eigenvalue weighted by molar-refractivity contribution is 0.150. The SMILES string of the molecule is COCC(C)C1CN=C(N)N1c1cccc(Br)c1. The number of nitrogens with two attached hydrogens (primary N) is 1. The Hall–Kier alpha value is -1.07. The highest BCUT2D eigenvalue weighted by Crippen LogP contribution is 2.27. The number of ether oxygens (including phenoxy) is 1. The molecule has 18 heavy (non-hydrogen) atoms. The number of anilines is 1. The standard InChI is InChI=1S/C13H18BrN3O/c1-9(8-18-2)12-7-16-13(15)17(12)11-5-3-4-10(14)6-11/h3-6,9,12H,7-8H2,1-2H3,(H2,15,16). The van der Waals surface area contributed by atoms with Crippen molar-refractivity contribution in [3.63, 3.8) is 0 Å². The molecule has 2 N–H and O–H groups in total. The second-order valence-electron chi connectivity index (χ2n) is 4.55. The average molecular weight is 312 g/mol. The quantitative estimate of drug-likeness (QED) is 0.927. The molecule has 0 aromatic heterocycles. The van der Waals surface area contributed by atoms with Crippen LogP contribution in [0.2, 0.25) is 0 Å². The van der Waals surface area contributed by atoms with Gasteiger partial charge in [0.15, 0.2) is 5.96 Å². The molecule has 0 radical (unpaired) electrons. The zero-order valence-electron chi connectivity index (χ0n) is 10.6. The predicted molar refractivity (Wildman–Crippen MR) is 77.9 cm³/mol. The summed E-state index contributed by atoms with van der Waals surface area (Å²) in [6.07, 6.45) is 0. The number of nitrogens with zero attached hydrogens (tertiary/aromatic N) is 2. The van der Waals surface area contributed by atoms with Gasteiger partial charge in [0.2, 0.25) is 0 Å². The monoisotopic (exact) mass is 311 g/mol. The summed E-state index contributed by atoms with van der Waals surface area (Å²) in [4.78, 5) is 6.45. The maximum Gasteiger partial charge on any atom is 0.196 e. The molecule has 2 rings (SSSR count). The van der Waals surface area contributed by atoms with Crippen molar-refractivity contribution in [2.75, 3.05) is 25.2 Å². The Morgan fingerprint density at radius 2 is 2.39 bits per heavy atom. The Morgan fingerprint density at radius 3 is 3.06 bits per heavy atom. The van der Waals surface area contributed by atoms with Crippen LogP contribution in [-0.2, 0) is 4.74 Å². The first kappa shape index (κ1) is 13.4. The number of guanidine groups is 1. The Morgan fingerprint density at radius 1 is 1.61 bits per heavy atom. The molecule has 1 aromatic carbocycles. The smallest absolute Gasteiger partial charge is 0.196 e. The number of halogens is 1. The normalized spacial score (nSPS) is 20.9. The molecule has 0 amide bonds. The van der Waals surface area contributed by atoms with Gasteiger partial charge in [-0.05, 0) is 18.2 Å². The van der Waals surface area contributed by atoms with Gasteiger partial charge in [0.1, 0.15) is 0 Å². The van der Waals surface area contributed by atoms with Crippen molar-refractivity contribution in [3.8, 4) is 0 Å². The summed E-state index contributed by atoms with van der Waals surface area (Å²) in [5.41, 5.74) is 7.07. The van der Waals surface area contributed by atoms with E-state index in [2.05, 4.69) is 38.8 Å². The number of rotatable bonds is 4. The van der Waals surface area contributed by atoms with E-state index < -0.39 is 0 Å². The second kappa shape index (κ2) is 5.71. The molecule has 0 bridgehead atoms. The molecule has 0 fully saturated rings. The van der Waals surface area contributed by atoms with Gasteiger partial charge in [-0.1, -0.05) is 28.9 Å². The largest absolute Gasteiger partial charge is 0.384 e. The van der Waals surface area contributed by atoms with E-state index in [1.807, 2.05) is 18.2 Å². The Bertz CT molecular complexity index is 450. The third-order valence-corrected chi connectivity index (χ3v) is 3.68. The fourth-order valence-corrected chi connectivity index (χ4v) is 2.66. The number of hydrogen-bond acceptors (Lipinski definition) is 4. The highest BCUT2D eigenvalue weighted by atomic mass is 79.9. The van der Waals surface area contributed by atoms with E-state index in [1.54, 1.807) is 7.11 Å². The molecule has 1 aliphatic rings. The van der Waals surface area contributed by atoms with Crippen molar-refractivity contribution in [3.05, 3.63) is 28.7 Å². The fourth-order valence-electron chi connectivity index (χ4n) is 2.27. The van der Waals surface area contributed by atoms with Gasteiger partial charge < -0.3 is 15.4 Å². The van der Waals surface area contributed by atoms with E-state index in [9.17, 15) is 0 Å². The predicted octanol–water partition coefficient (Wildman–Crippen LogP) is 2.23. The summed E-state index contributed by atoms with van der Waals surface area (Å²) < 4.78 is 6.27. The lowest BCUT2D eigenvalue weighted by atomic mass is 10.0. The first-order chi connectivity index (χ1) is 8.63. The van der Waals surface area contributed by atoms with Crippen LogP contribution in [0.15, 0.2) is 33.7 Å². The lowest BCUT2D eigenvalue weighted by Crippen LogP contribution is -2.45. The van der Waals surface area contributed by atoms with Crippen molar-refractivity contribution in [1.82, 2.24) is 0 Å². The molecule has 5 heteroatoms. The summed E-state index contributed by atoms with van der Waals surface area (Å²) in [6, 6.07) is 8.37. The van der Waals surface area contributed by atoms with E-state index in [0.29, 0.717) is 18.5 Å². The van der Waals surface area contributed by atoms with Crippen molar-refractivity contribution >= 4 is 27.6 Å². The number of methoxy groups -OCH3 is 1. The van der Waals surface area contributed by atoms with E-state index in [4.69, 9.17) is 10.5 Å². The number of benzene rings is 1. The number of aliphatic imine (C=N–C) groups is 1. The lowest BCUT2D eigenvalue weighted by Gasteiger charge is -2.30. The summed E-state index contributed by atoms with van der Waals surface area (Å²) in [6.45, 7) is 3.59. The van der Waals surface area contributed by atoms with Crippen LogP contribution in [0.4, 0.5) is 5.69 Å². The van der Waals surface area contributed by atoms with Gasteiger partial charge in [-0.15, -0.1) is 0 Å². The highest BCUT2D eigenvalue weighted by molar-refractivity contribution is 9.10. The van der Waals surface area contributed by atoms with E-state index in [-0.39, 0.29) is 6.04 Å². The van der Waals surface area contributed by atoms with E-state index >= 15 is 0 Å². The molecule has 0 aliphatic carbocycles. The molecule has 0 saturated heterocycles. The zero-order valence-corrected chi connectivity index (χ0v) is 12.2. The van der Waals surface area contributed by atoms with E-state index in [1.165, 1.54) is 0 Å². The molecule has 1 aliphatic heterocycles. The Kier molecular flexibility index (Phi) is 4.24. The van der Waals surface area contributed by atoms with Gasteiger partial charge in [-0.25, -0.2) is 0 Å². The van der Waals surface area contributed by atoms with Crippen LogP contribution in [0.25, 0.3) is 0 Å². The van der Waals surface area contributed by atoms with Gasteiger partial charge in [0.05, 0.1) is 19.2 Å². The van der Waals surface area contributed by atoms with Crippen molar-refractivity contribution in [1.29, 1.82) is 0 Å². The average Bonchev–Trinajstić information content (AvgIpc) is 2.71. The second-order valence-corrected chi connectivity index (χ2v) is 5.46. The van der Waals surface area contributed by atoms with Crippen LogP contribution in [0.1, 0.15) is 6.92 Å². The summed E-state index contributed by atoms with van der Waals surface area (Å²) >= 11 is 3.48. The Balaban J connectivity index is 2.25. The topological polar surface area (TPSA) is 50.9 Å². The third-order valence-electron chi connectivity index (χ3n) is 3.19. The maximum absolute atomic E-state index is 6.01. The molecule has 98 valence electrons. The minimum Gasteiger partial charge on any atom is -0.384 e. The van der Waals surface area contributed by atoms with Crippen LogP contribution in [-0.4, -0.2) is 32.3 Å². The fraction of sp³-hybridized carbons (Fsp3) is 0.462. The molecular formula is C13H18BrN3O. The van der Waals surface area contributed by atoms with Crippen LogP contribution >= 0.6 is 15.9 Å². The summed E-state index contributed by atoms with van der Waals surface area (Å²) in [7, 11) is 1.72. The maximum atomic E-state index is 6.01.